The van der Waals surface area contributed by atoms with E-state index < -0.39 is 0 Å². The Morgan fingerprint density at radius 3 is 2.85 bits per heavy atom. The van der Waals surface area contributed by atoms with E-state index in [0.717, 1.165) is 11.4 Å². The van der Waals surface area contributed by atoms with Crippen molar-refractivity contribution in [3.63, 3.8) is 0 Å². The van der Waals surface area contributed by atoms with Crippen LogP contribution in [0.3, 0.4) is 0 Å². The number of hydrogen-bond donors (Lipinski definition) is 0. The van der Waals surface area contributed by atoms with Gasteiger partial charge < -0.3 is 0 Å². The summed E-state index contributed by atoms with van der Waals surface area (Å²) in [7, 11) is 0. The molecule has 3 nitrogen and oxygen atoms in total. The zero-order chi connectivity index (χ0) is 9.84. The summed E-state index contributed by atoms with van der Waals surface area (Å²) in [6, 6.07) is 1.82. The molecule has 1 heterocycles. The van der Waals surface area contributed by atoms with Crippen LogP contribution in [0, 0.1) is 25.7 Å². The molecule has 1 rings (SSSR count). The number of hydrogen-bond acceptors (Lipinski definition) is 2. The highest BCUT2D eigenvalue weighted by Gasteiger charge is 2.05. The molecule has 1 aromatic rings. The van der Waals surface area contributed by atoms with Crippen molar-refractivity contribution in [3.8, 4) is 11.8 Å². The topological polar surface area (TPSA) is 34.9 Å². The third kappa shape index (κ3) is 2.33. The summed E-state index contributed by atoms with van der Waals surface area (Å²) < 4.78 is 1.27. The van der Waals surface area contributed by atoms with E-state index in [9.17, 15) is 4.79 Å². The molecule has 13 heavy (non-hydrogen) atoms. The van der Waals surface area contributed by atoms with E-state index >= 15 is 0 Å². The van der Waals surface area contributed by atoms with E-state index in [1.54, 1.807) is 6.92 Å². The summed E-state index contributed by atoms with van der Waals surface area (Å²) >= 11 is 5.32. The minimum Gasteiger partial charge on any atom is -0.257 e. The van der Waals surface area contributed by atoms with Crippen molar-refractivity contribution in [2.75, 3.05) is 5.88 Å². The largest absolute Gasteiger partial charge is 0.323 e. The molecule has 0 N–H and O–H groups in total. The molecule has 0 amide bonds. The summed E-state index contributed by atoms with van der Waals surface area (Å²) in [4.78, 5) is 11.3. The van der Waals surface area contributed by atoms with Crippen LogP contribution in [-0.4, -0.2) is 21.6 Å². The highest BCUT2D eigenvalue weighted by atomic mass is 35.5. The molecule has 0 atom stereocenters. The SMILES string of the molecule is Cc1cc(C)n(C(=O)C#CCCl)n1. The molecule has 0 saturated carbocycles. The summed E-state index contributed by atoms with van der Waals surface area (Å²) in [6.45, 7) is 3.63. The van der Waals surface area contributed by atoms with E-state index in [1.165, 1.54) is 4.68 Å². The van der Waals surface area contributed by atoms with Crippen molar-refractivity contribution in [1.82, 2.24) is 9.78 Å². The molecule has 0 radical (unpaired) electrons. The van der Waals surface area contributed by atoms with Crippen molar-refractivity contribution in [3.05, 3.63) is 17.5 Å². The van der Waals surface area contributed by atoms with Gasteiger partial charge in [-0.15, -0.1) is 11.6 Å². The smallest absolute Gasteiger partial charge is 0.257 e. The quantitative estimate of drug-likeness (QED) is 0.464. The van der Waals surface area contributed by atoms with E-state index in [-0.39, 0.29) is 11.8 Å². The maximum Gasteiger partial charge on any atom is 0.323 e. The van der Waals surface area contributed by atoms with E-state index in [4.69, 9.17) is 11.6 Å². The second kappa shape index (κ2) is 4.11. The Morgan fingerprint density at radius 2 is 2.38 bits per heavy atom. The number of carbonyl (C=O) groups is 1. The number of nitrogens with zero attached hydrogens (tertiary/aromatic N) is 2. The van der Waals surface area contributed by atoms with Crippen molar-refractivity contribution in [1.29, 1.82) is 0 Å². The lowest BCUT2D eigenvalue weighted by molar-refractivity contribution is 0.0962. The van der Waals surface area contributed by atoms with E-state index in [2.05, 4.69) is 16.9 Å². The fourth-order valence-corrected chi connectivity index (χ4v) is 1.06. The number of rotatable bonds is 0. The van der Waals surface area contributed by atoms with Crippen molar-refractivity contribution < 1.29 is 4.79 Å². The Hall–Kier alpha value is -1.27. The van der Waals surface area contributed by atoms with Crippen molar-refractivity contribution >= 4 is 17.5 Å². The van der Waals surface area contributed by atoms with Gasteiger partial charge in [0.2, 0.25) is 0 Å². The van der Waals surface area contributed by atoms with Crippen LogP contribution in [-0.2, 0) is 0 Å². The van der Waals surface area contributed by atoms with Gasteiger partial charge in [-0.1, -0.05) is 5.92 Å². The molecule has 0 aromatic carbocycles. The molecule has 68 valence electrons. The molecular weight excluding hydrogens is 188 g/mol. The molecule has 0 aliphatic rings. The van der Waals surface area contributed by atoms with E-state index in [1.807, 2.05) is 13.0 Å². The molecule has 0 saturated heterocycles. The van der Waals surface area contributed by atoms with Crippen LogP contribution in [0.25, 0.3) is 0 Å². The molecule has 1 aromatic heterocycles. The van der Waals surface area contributed by atoms with Gasteiger partial charge in [-0.25, -0.2) is 0 Å². The second-order valence-electron chi connectivity index (χ2n) is 2.58. The Kier molecular flexibility index (Phi) is 3.10. The lowest BCUT2D eigenvalue weighted by atomic mass is 10.4. The maximum atomic E-state index is 11.3. The van der Waals surface area contributed by atoms with Gasteiger partial charge >= 0.3 is 5.91 Å². The van der Waals surface area contributed by atoms with Gasteiger partial charge in [0.05, 0.1) is 11.6 Å². The lowest BCUT2D eigenvalue weighted by Gasteiger charge is -1.93. The monoisotopic (exact) mass is 196 g/mol. The standard InChI is InChI=1S/C9H9ClN2O/c1-7-6-8(2)12(11-7)9(13)4-3-5-10/h6H,5H2,1-2H3. The minimum absolute atomic E-state index is 0.158. The Bertz CT molecular complexity index is 384. The van der Waals surface area contributed by atoms with Crippen molar-refractivity contribution in [2.45, 2.75) is 13.8 Å². The van der Waals surface area contributed by atoms with Crippen LogP contribution < -0.4 is 0 Å². The van der Waals surface area contributed by atoms with Gasteiger partial charge in [0.25, 0.3) is 0 Å². The first-order valence-electron chi connectivity index (χ1n) is 3.77. The summed E-state index contributed by atoms with van der Waals surface area (Å²) in [5, 5.41) is 3.98. The lowest BCUT2D eigenvalue weighted by Crippen LogP contribution is -2.11. The normalized spacial score (nSPS) is 9.15. The van der Waals surface area contributed by atoms with Gasteiger partial charge in [-0.05, 0) is 25.8 Å². The first-order valence-corrected chi connectivity index (χ1v) is 4.31. The van der Waals surface area contributed by atoms with Crippen LogP contribution in [0.15, 0.2) is 6.07 Å². The molecule has 0 bridgehead atoms. The number of carbonyl (C=O) groups excluding carboxylic acids is 1. The fourth-order valence-electron chi connectivity index (χ4n) is 0.996. The highest BCUT2D eigenvalue weighted by molar-refractivity contribution is 6.19. The molecule has 0 spiro atoms. The average molecular weight is 197 g/mol. The Labute approximate surface area is 81.7 Å². The molecular formula is C9H9ClN2O. The Balaban J connectivity index is 2.95. The predicted molar refractivity (Wildman–Crippen MR) is 50.8 cm³/mol. The third-order valence-electron chi connectivity index (χ3n) is 1.46. The molecule has 0 fully saturated rings. The number of halogens is 1. The fraction of sp³-hybridized carbons (Fsp3) is 0.333. The van der Waals surface area contributed by atoms with Crippen LogP contribution in [0.4, 0.5) is 0 Å². The highest BCUT2D eigenvalue weighted by Crippen LogP contribution is 2.00. The first kappa shape index (κ1) is 9.82. The Morgan fingerprint density at radius 1 is 1.69 bits per heavy atom. The molecule has 0 unspecified atom stereocenters. The van der Waals surface area contributed by atoms with Crippen LogP contribution in [0.2, 0.25) is 0 Å². The third-order valence-corrected chi connectivity index (χ3v) is 1.60. The van der Waals surface area contributed by atoms with Gasteiger partial charge in [0.1, 0.15) is 0 Å². The van der Waals surface area contributed by atoms with Crippen LogP contribution >= 0.6 is 11.6 Å². The predicted octanol–water partition coefficient (Wildman–Crippen LogP) is 1.38. The van der Waals surface area contributed by atoms with Crippen LogP contribution in [0.5, 0.6) is 0 Å². The van der Waals surface area contributed by atoms with Crippen LogP contribution in [0.1, 0.15) is 16.2 Å². The zero-order valence-corrected chi connectivity index (χ0v) is 8.22. The van der Waals surface area contributed by atoms with E-state index in [0.29, 0.717) is 0 Å². The van der Waals surface area contributed by atoms with Crippen molar-refractivity contribution in [2.24, 2.45) is 0 Å². The minimum atomic E-state index is -0.341. The summed E-state index contributed by atoms with van der Waals surface area (Å²) in [6.07, 6.45) is 0. The second-order valence-corrected chi connectivity index (χ2v) is 2.85. The van der Waals surface area contributed by atoms with Gasteiger partial charge in [-0.2, -0.15) is 9.78 Å². The molecule has 4 heteroatoms. The molecule has 0 aliphatic heterocycles. The molecule has 0 aliphatic carbocycles. The number of aromatic nitrogens is 2. The maximum absolute atomic E-state index is 11.3. The average Bonchev–Trinajstić information content (AvgIpc) is 2.41. The number of aryl methyl sites for hydroxylation is 2. The first-order chi connectivity index (χ1) is 6.15. The van der Waals surface area contributed by atoms with Gasteiger partial charge in [0.15, 0.2) is 0 Å². The number of alkyl halides is 1. The van der Waals surface area contributed by atoms with Gasteiger partial charge in [0, 0.05) is 5.69 Å². The summed E-state index contributed by atoms with van der Waals surface area (Å²) in [5.41, 5.74) is 1.59. The zero-order valence-electron chi connectivity index (χ0n) is 7.47. The van der Waals surface area contributed by atoms with Gasteiger partial charge in [-0.3, -0.25) is 4.79 Å². The summed E-state index contributed by atoms with van der Waals surface area (Å²) in [5.74, 6) is 4.69.